The van der Waals surface area contributed by atoms with Crippen molar-refractivity contribution in [1.29, 1.82) is 0 Å². The van der Waals surface area contributed by atoms with E-state index in [4.69, 9.17) is 0 Å². The highest BCUT2D eigenvalue weighted by atomic mass is 16.1. The molecule has 0 saturated carbocycles. The van der Waals surface area contributed by atoms with Gasteiger partial charge in [0.15, 0.2) is 0 Å². The van der Waals surface area contributed by atoms with Gasteiger partial charge in [-0.15, -0.1) is 0 Å². The van der Waals surface area contributed by atoms with Gasteiger partial charge in [0.05, 0.1) is 0 Å². The number of allylic oxidation sites excluding steroid dienone is 3. The van der Waals surface area contributed by atoms with Gasteiger partial charge in [-0.1, -0.05) is 70.4 Å². The standard InChI is InChI=1S/C18H32O/c1-2-3-4-5-6-7-8-9-10-11-12-13-14-15-16-17-18-19/h5-6,17H,2-4,7-16H2,1H3/b6-5+. The van der Waals surface area contributed by atoms with Gasteiger partial charge in [0, 0.05) is 0 Å². The molecular weight excluding hydrogens is 232 g/mol. The molecule has 0 radical (unpaired) electrons. The first-order valence-corrected chi connectivity index (χ1v) is 8.26. The molecule has 0 bridgehead atoms. The SMILES string of the molecule is CCCC/C=C/CCCCCCCCCCC=C=O. The molecule has 0 aliphatic carbocycles. The Hall–Kier alpha value is -0.810. The normalized spacial score (nSPS) is 10.8. The van der Waals surface area contributed by atoms with E-state index in [1.54, 1.807) is 6.08 Å². The van der Waals surface area contributed by atoms with E-state index in [-0.39, 0.29) is 0 Å². The minimum Gasteiger partial charge on any atom is -0.234 e. The third-order valence-corrected chi connectivity index (χ3v) is 3.44. The van der Waals surface area contributed by atoms with Crippen molar-refractivity contribution >= 4 is 5.94 Å². The second-order valence-electron chi connectivity index (χ2n) is 5.34. The Morgan fingerprint density at radius 1 is 0.684 bits per heavy atom. The summed E-state index contributed by atoms with van der Waals surface area (Å²) in [7, 11) is 0. The second kappa shape index (κ2) is 17.2. The van der Waals surface area contributed by atoms with Crippen molar-refractivity contribution in [2.45, 2.75) is 90.4 Å². The quantitative estimate of drug-likeness (QED) is 0.213. The van der Waals surface area contributed by atoms with Gasteiger partial charge in [-0.2, -0.15) is 0 Å². The summed E-state index contributed by atoms with van der Waals surface area (Å²) < 4.78 is 0. The van der Waals surface area contributed by atoms with E-state index in [1.165, 1.54) is 70.6 Å². The lowest BCUT2D eigenvalue weighted by atomic mass is 10.1. The number of rotatable bonds is 14. The molecule has 0 heterocycles. The molecule has 1 heteroatoms. The van der Waals surface area contributed by atoms with Crippen molar-refractivity contribution in [3.05, 3.63) is 18.2 Å². The molecule has 19 heavy (non-hydrogen) atoms. The Labute approximate surface area is 120 Å². The topological polar surface area (TPSA) is 17.1 Å². The van der Waals surface area contributed by atoms with Gasteiger partial charge < -0.3 is 0 Å². The van der Waals surface area contributed by atoms with Crippen molar-refractivity contribution in [3.63, 3.8) is 0 Å². The minimum atomic E-state index is 0.911. The zero-order valence-electron chi connectivity index (χ0n) is 12.8. The number of hydrogen-bond acceptors (Lipinski definition) is 1. The van der Waals surface area contributed by atoms with Crippen LogP contribution in [0, 0.1) is 0 Å². The summed E-state index contributed by atoms with van der Waals surface area (Å²) in [6.45, 7) is 2.24. The van der Waals surface area contributed by atoms with Crippen molar-refractivity contribution in [2.75, 3.05) is 0 Å². The van der Waals surface area contributed by atoms with Crippen LogP contribution in [0.1, 0.15) is 90.4 Å². The van der Waals surface area contributed by atoms with E-state index in [2.05, 4.69) is 19.1 Å². The summed E-state index contributed by atoms with van der Waals surface area (Å²) in [5.41, 5.74) is 0. The molecule has 0 aliphatic heterocycles. The van der Waals surface area contributed by atoms with Gasteiger partial charge in [-0.25, -0.2) is 4.79 Å². The molecule has 110 valence electrons. The smallest absolute Gasteiger partial charge is 0.120 e. The third-order valence-electron chi connectivity index (χ3n) is 3.44. The van der Waals surface area contributed by atoms with Crippen LogP contribution in [0.4, 0.5) is 0 Å². The number of unbranched alkanes of at least 4 members (excludes halogenated alkanes) is 11. The average Bonchev–Trinajstić information content (AvgIpc) is 2.43. The highest BCUT2D eigenvalue weighted by Crippen LogP contribution is 2.11. The molecule has 0 aromatic heterocycles. The maximum atomic E-state index is 9.95. The largest absolute Gasteiger partial charge is 0.234 e. The zero-order valence-corrected chi connectivity index (χ0v) is 12.8. The minimum absolute atomic E-state index is 0.911. The van der Waals surface area contributed by atoms with Gasteiger partial charge in [-0.05, 0) is 38.2 Å². The molecule has 0 atom stereocenters. The fourth-order valence-electron chi connectivity index (χ4n) is 2.19. The summed E-state index contributed by atoms with van der Waals surface area (Å²) in [6, 6.07) is 0. The summed E-state index contributed by atoms with van der Waals surface area (Å²) in [6.07, 6.45) is 23.0. The lowest BCUT2D eigenvalue weighted by Crippen LogP contribution is -1.81. The molecule has 0 aromatic carbocycles. The molecule has 0 amide bonds. The van der Waals surface area contributed by atoms with Crippen LogP contribution in [0.25, 0.3) is 0 Å². The van der Waals surface area contributed by atoms with Gasteiger partial charge in [0.25, 0.3) is 0 Å². The molecule has 0 rings (SSSR count). The highest BCUT2D eigenvalue weighted by Gasteiger charge is 1.91. The Balaban J connectivity index is 3.02. The predicted octanol–water partition coefficient (Wildman–Crippen LogP) is 6.02. The van der Waals surface area contributed by atoms with Crippen molar-refractivity contribution in [3.8, 4) is 0 Å². The van der Waals surface area contributed by atoms with Crippen LogP contribution in [-0.4, -0.2) is 5.94 Å². The van der Waals surface area contributed by atoms with Crippen molar-refractivity contribution in [2.24, 2.45) is 0 Å². The lowest BCUT2D eigenvalue weighted by molar-refractivity contribution is 0.563. The molecule has 1 nitrogen and oxygen atoms in total. The monoisotopic (exact) mass is 264 g/mol. The molecule has 0 aliphatic rings. The summed E-state index contributed by atoms with van der Waals surface area (Å²) in [5, 5.41) is 0. The third kappa shape index (κ3) is 17.2. The zero-order chi connectivity index (χ0) is 14.0. The summed E-state index contributed by atoms with van der Waals surface area (Å²) in [5.74, 6) is 1.83. The van der Waals surface area contributed by atoms with Gasteiger partial charge in [0.1, 0.15) is 5.94 Å². The molecule has 0 spiro atoms. The first kappa shape index (κ1) is 18.2. The maximum Gasteiger partial charge on any atom is 0.120 e. The molecule has 0 saturated heterocycles. The fraction of sp³-hybridized carbons (Fsp3) is 0.778. The van der Waals surface area contributed by atoms with Crippen LogP contribution >= 0.6 is 0 Å². The Morgan fingerprint density at radius 2 is 1.16 bits per heavy atom. The Morgan fingerprint density at radius 3 is 1.68 bits per heavy atom. The van der Waals surface area contributed by atoms with Gasteiger partial charge >= 0.3 is 0 Å². The van der Waals surface area contributed by atoms with Crippen molar-refractivity contribution in [1.82, 2.24) is 0 Å². The molecular formula is C18H32O. The first-order valence-electron chi connectivity index (χ1n) is 8.26. The van der Waals surface area contributed by atoms with E-state index in [0.717, 1.165) is 12.8 Å². The van der Waals surface area contributed by atoms with Gasteiger partial charge in [-0.3, -0.25) is 0 Å². The molecule has 0 fully saturated rings. The predicted molar refractivity (Wildman–Crippen MR) is 85.1 cm³/mol. The van der Waals surface area contributed by atoms with Crippen molar-refractivity contribution < 1.29 is 4.79 Å². The fourth-order valence-corrected chi connectivity index (χ4v) is 2.19. The van der Waals surface area contributed by atoms with E-state index < -0.39 is 0 Å². The van der Waals surface area contributed by atoms with E-state index in [1.807, 2.05) is 5.94 Å². The highest BCUT2D eigenvalue weighted by molar-refractivity contribution is 5.44. The van der Waals surface area contributed by atoms with E-state index in [9.17, 15) is 4.79 Å². The second-order valence-corrected chi connectivity index (χ2v) is 5.34. The summed E-state index contributed by atoms with van der Waals surface area (Å²) >= 11 is 0. The van der Waals surface area contributed by atoms with E-state index >= 15 is 0 Å². The van der Waals surface area contributed by atoms with Crippen LogP contribution in [0.5, 0.6) is 0 Å². The van der Waals surface area contributed by atoms with E-state index in [0.29, 0.717) is 0 Å². The van der Waals surface area contributed by atoms with Crippen LogP contribution in [-0.2, 0) is 4.79 Å². The Bertz CT molecular complexity index is 236. The van der Waals surface area contributed by atoms with Gasteiger partial charge in [0.2, 0.25) is 0 Å². The maximum absolute atomic E-state index is 9.95. The molecule has 0 aromatic rings. The lowest BCUT2D eigenvalue weighted by Gasteiger charge is -2.00. The van der Waals surface area contributed by atoms with Crippen LogP contribution in [0.15, 0.2) is 18.2 Å². The molecule has 0 unspecified atom stereocenters. The van der Waals surface area contributed by atoms with Crippen LogP contribution in [0.2, 0.25) is 0 Å². The molecule has 0 N–H and O–H groups in total. The Kier molecular flexibility index (Phi) is 16.5. The first-order chi connectivity index (χ1) is 9.41. The number of carbonyl (C=O) groups excluding carboxylic acids is 1. The van der Waals surface area contributed by atoms with Crippen LogP contribution < -0.4 is 0 Å². The number of hydrogen-bond donors (Lipinski definition) is 0. The average molecular weight is 264 g/mol. The van der Waals surface area contributed by atoms with Crippen LogP contribution in [0.3, 0.4) is 0 Å². The summed E-state index contributed by atoms with van der Waals surface area (Å²) in [4.78, 5) is 9.95.